The third-order valence-electron chi connectivity index (χ3n) is 3.44. The Labute approximate surface area is 131 Å². The molecule has 2 rings (SSSR count). The zero-order chi connectivity index (χ0) is 14.5. The van der Waals surface area contributed by atoms with Gasteiger partial charge in [0.15, 0.2) is 0 Å². The zero-order valence-electron chi connectivity index (χ0n) is 12.3. The first-order chi connectivity index (χ1) is 9.56. The molecule has 21 heavy (non-hydrogen) atoms. The second-order valence-corrected chi connectivity index (χ2v) is 5.19. The van der Waals surface area contributed by atoms with Gasteiger partial charge in [0.1, 0.15) is 0 Å². The molecule has 0 aromatic heterocycles. The van der Waals surface area contributed by atoms with Gasteiger partial charge in [-0.05, 0) is 44.0 Å². The molecule has 6 heteroatoms. The van der Waals surface area contributed by atoms with Crippen LogP contribution in [0.2, 0.25) is 0 Å². The van der Waals surface area contributed by atoms with Crippen LogP contribution in [-0.2, 0) is 9.59 Å². The maximum Gasteiger partial charge on any atom is 0.237 e. The van der Waals surface area contributed by atoms with Crippen LogP contribution in [0.25, 0.3) is 0 Å². The van der Waals surface area contributed by atoms with E-state index < -0.39 is 0 Å². The molecule has 3 N–H and O–H groups in total. The lowest BCUT2D eigenvalue weighted by Crippen LogP contribution is -2.41. The molecule has 1 unspecified atom stereocenters. The quantitative estimate of drug-likeness (QED) is 0.796. The molecule has 1 aliphatic heterocycles. The summed E-state index contributed by atoms with van der Waals surface area (Å²) >= 11 is 0. The number of hydrogen-bond donors (Lipinski definition) is 3. The average molecular weight is 312 g/mol. The van der Waals surface area contributed by atoms with Gasteiger partial charge >= 0.3 is 0 Å². The van der Waals surface area contributed by atoms with Crippen molar-refractivity contribution < 1.29 is 9.59 Å². The Balaban J connectivity index is 0.00000220. The van der Waals surface area contributed by atoms with Crippen LogP contribution in [0.4, 0.5) is 5.69 Å². The molecule has 5 nitrogen and oxygen atoms in total. The van der Waals surface area contributed by atoms with Crippen molar-refractivity contribution in [3.63, 3.8) is 0 Å². The van der Waals surface area contributed by atoms with Gasteiger partial charge < -0.3 is 16.0 Å². The fourth-order valence-electron chi connectivity index (χ4n) is 2.39. The van der Waals surface area contributed by atoms with E-state index in [0.29, 0.717) is 0 Å². The molecular formula is C15H22ClN3O2. The van der Waals surface area contributed by atoms with Crippen LogP contribution in [0.15, 0.2) is 24.3 Å². The molecule has 1 saturated heterocycles. The lowest BCUT2D eigenvalue weighted by molar-refractivity contribution is -0.123. The van der Waals surface area contributed by atoms with Gasteiger partial charge in [0.2, 0.25) is 11.8 Å². The zero-order valence-corrected chi connectivity index (χ0v) is 13.1. The van der Waals surface area contributed by atoms with Gasteiger partial charge in [-0.2, -0.15) is 0 Å². The molecule has 1 heterocycles. The van der Waals surface area contributed by atoms with Gasteiger partial charge in [0.05, 0.1) is 12.1 Å². The minimum absolute atomic E-state index is 0. The van der Waals surface area contributed by atoms with E-state index in [4.69, 9.17) is 0 Å². The Morgan fingerprint density at radius 3 is 2.76 bits per heavy atom. The van der Waals surface area contributed by atoms with E-state index in [9.17, 15) is 9.59 Å². The number of hydrogen-bond acceptors (Lipinski definition) is 3. The summed E-state index contributed by atoms with van der Waals surface area (Å²) in [5.74, 6) is -0.0612. The predicted molar refractivity (Wildman–Crippen MR) is 85.6 cm³/mol. The number of halogens is 1. The second kappa shape index (κ2) is 8.00. The second-order valence-electron chi connectivity index (χ2n) is 5.19. The molecule has 2 atom stereocenters. The van der Waals surface area contributed by atoms with E-state index in [1.165, 1.54) is 6.92 Å². The summed E-state index contributed by atoms with van der Waals surface area (Å²) in [6.07, 6.45) is 1.94. The van der Waals surface area contributed by atoms with E-state index in [1.807, 2.05) is 31.2 Å². The molecule has 1 aliphatic rings. The highest BCUT2D eigenvalue weighted by Gasteiger charge is 2.23. The summed E-state index contributed by atoms with van der Waals surface area (Å²) in [6, 6.07) is 7.37. The predicted octanol–water partition coefficient (Wildman–Crippen LogP) is 2.00. The lowest BCUT2D eigenvalue weighted by Gasteiger charge is -2.18. The van der Waals surface area contributed by atoms with E-state index in [1.54, 1.807) is 0 Å². The third-order valence-corrected chi connectivity index (χ3v) is 3.44. The fraction of sp³-hybridized carbons (Fsp3) is 0.467. The van der Waals surface area contributed by atoms with E-state index in [0.717, 1.165) is 30.6 Å². The summed E-state index contributed by atoms with van der Waals surface area (Å²) in [5, 5.41) is 8.93. The topological polar surface area (TPSA) is 70.2 Å². The van der Waals surface area contributed by atoms with Crippen molar-refractivity contribution in [2.24, 2.45) is 0 Å². The number of anilines is 1. The summed E-state index contributed by atoms with van der Waals surface area (Å²) < 4.78 is 0. The summed E-state index contributed by atoms with van der Waals surface area (Å²) in [7, 11) is 0. The van der Waals surface area contributed by atoms with Crippen molar-refractivity contribution in [3.05, 3.63) is 29.8 Å². The van der Waals surface area contributed by atoms with Gasteiger partial charge in [0.25, 0.3) is 0 Å². The summed E-state index contributed by atoms with van der Waals surface area (Å²) in [6.45, 7) is 4.33. The Morgan fingerprint density at radius 2 is 2.14 bits per heavy atom. The van der Waals surface area contributed by atoms with Gasteiger partial charge in [-0.1, -0.05) is 12.1 Å². The average Bonchev–Trinajstić information content (AvgIpc) is 2.92. The van der Waals surface area contributed by atoms with Crippen LogP contribution >= 0.6 is 12.4 Å². The van der Waals surface area contributed by atoms with Crippen LogP contribution in [0.5, 0.6) is 0 Å². The van der Waals surface area contributed by atoms with Crippen molar-refractivity contribution in [3.8, 4) is 0 Å². The van der Waals surface area contributed by atoms with Gasteiger partial charge in [-0.25, -0.2) is 0 Å². The van der Waals surface area contributed by atoms with Crippen molar-refractivity contribution in [1.29, 1.82) is 0 Å². The number of benzene rings is 1. The maximum atomic E-state index is 12.0. The molecule has 1 aromatic carbocycles. The van der Waals surface area contributed by atoms with Crippen molar-refractivity contribution in [2.45, 2.75) is 38.8 Å². The van der Waals surface area contributed by atoms with Gasteiger partial charge in [-0.3, -0.25) is 9.59 Å². The molecule has 0 aliphatic carbocycles. The monoisotopic (exact) mass is 311 g/mol. The summed E-state index contributed by atoms with van der Waals surface area (Å²) in [4.78, 5) is 23.1. The third kappa shape index (κ3) is 5.02. The number of rotatable bonds is 4. The Bertz CT molecular complexity index is 501. The standard InChI is InChI=1S/C15H21N3O2.ClH/c1-10(17-15(20)14-7-4-8-16-14)12-5-3-6-13(9-12)18-11(2)19;/h3,5-6,9-10,14,16H,4,7-8H2,1-2H3,(H,17,20)(H,18,19);1H/t10?,14-;/m0./s1. The first kappa shape index (κ1) is 17.5. The normalized spacial score (nSPS) is 18.5. The molecule has 0 saturated carbocycles. The first-order valence-corrected chi connectivity index (χ1v) is 6.97. The van der Waals surface area contributed by atoms with E-state index in [2.05, 4.69) is 16.0 Å². The van der Waals surface area contributed by atoms with Crippen LogP contribution in [-0.4, -0.2) is 24.4 Å². The SMILES string of the molecule is CC(=O)Nc1cccc(C(C)NC(=O)[C@@H]2CCCN2)c1.Cl. The smallest absolute Gasteiger partial charge is 0.237 e. The highest BCUT2D eigenvalue weighted by molar-refractivity contribution is 5.88. The molecule has 116 valence electrons. The van der Waals surface area contributed by atoms with Crippen LogP contribution in [0.3, 0.4) is 0 Å². The number of carbonyl (C=O) groups is 2. The Morgan fingerprint density at radius 1 is 1.38 bits per heavy atom. The van der Waals surface area contributed by atoms with Gasteiger partial charge in [0, 0.05) is 12.6 Å². The first-order valence-electron chi connectivity index (χ1n) is 6.97. The number of carbonyl (C=O) groups excluding carboxylic acids is 2. The highest BCUT2D eigenvalue weighted by atomic mass is 35.5. The van der Waals surface area contributed by atoms with Crippen molar-refractivity contribution in [1.82, 2.24) is 10.6 Å². The molecule has 1 aromatic rings. The molecule has 1 fully saturated rings. The van der Waals surface area contributed by atoms with Crippen molar-refractivity contribution in [2.75, 3.05) is 11.9 Å². The number of nitrogens with one attached hydrogen (secondary N) is 3. The molecule has 2 amide bonds. The highest BCUT2D eigenvalue weighted by Crippen LogP contribution is 2.18. The van der Waals surface area contributed by atoms with Crippen LogP contribution in [0, 0.1) is 0 Å². The Hall–Kier alpha value is -1.59. The fourth-order valence-corrected chi connectivity index (χ4v) is 2.39. The molecule has 0 spiro atoms. The minimum atomic E-state index is -0.103. The van der Waals surface area contributed by atoms with Crippen LogP contribution in [0.1, 0.15) is 38.3 Å². The van der Waals surface area contributed by atoms with Crippen LogP contribution < -0.4 is 16.0 Å². The Kier molecular flexibility index (Phi) is 6.65. The maximum absolute atomic E-state index is 12.0. The summed E-state index contributed by atoms with van der Waals surface area (Å²) in [5.41, 5.74) is 1.72. The van der Waals surface area contributed by atoms with Crippen molar-refractivity contribution >= 4 is 29.9 Å². The van der Waals surface area contributed by atoms with E-state index >= 15 is 0 Å². The van der Waals surface area contributed by atoms with Gasteiger partial charge in [-0.15, -0.1) is 12.4 Å². The lowest BCUT2D eigenvalue weighted by atomic mass is 10.1. The molecular weight excluding hydrogens is 290 g/mol. The molecule has 0 radical (unpaired) electrons. The minimum Gasteiger partial charge on any atom is -0.348 e. The largest absolute Gasteiger partial charge is 0.348 e. The number of amides is 2. The van der Waals surface area contributed by atoms with E-state index in [-0.39, 0.29) is 36.3 Å². The molecule has 0 bridgehead atoms.